The van der Waals surface area contributed by atoms with Gasteiger partial charge in [-0.2, -0.15) is 0 Å². The molecule has 1 atom stereocenters. The Bertz CT molecular complexity index is 960. The van der Waals surface area contributed by atoms with Gasteiger partial charge in [0, 0.05) is 11.0 Å². The highest BCUT2D eigenvalue weighted by Crippen LogP contribution is 2.41. The van der Waals surface area contributed by atoms with Crippen LogP contribution in [0.3, 0.4) is 0 Å². The van der Waals surface area contributed by atoms with Crippen LogP contribution in [0.25, 0.3) is 10.8 Å². The van der Waals surface area contributed by atoms with Crippen LogP contribution in [0.5, 0.6) is 5.75 Å². The molecular weight excluding hydrogens is 312 g/mol. The molecule has 4 rings (SSSR count). The van der Waals surface area contributed by atoms with Gasteiger partial charge in [0.2, 0.25) is 0 Å². The quantitative estimate of drug-likeness (QED) is 0.662. The second kappa shape index (κ2) is 5.92. The van der Waals surface area contributed by atoms with Crippen LogP contribution in [0.2, 0.25) is 0 Å². The van der Waals surface area contributed by atoms with Gasteiger partial charge < -0.3 is 9.47 Å². The Morgan fingerprint density at radius 3 is 2.68 bits per heavy atom. The van der Waals surface area contributed by atoms with Crippen molar-refractivity contribution in [3.8, 4) is 5.75 Å². The average Bonchev–Trinajstić information content (AvgIpc) is 2.97. The van der Waals surface area contributed by atoms with Crippen LogP contribution in [0.4, 0.5) is 0 Å². The number of benzene rings is 3. The van der Waals surface area contributed by atoms with Gasteiger partial charge in [-0.25, -0.2) is 4.79 Å². The van der Waals surface area contributed by atoms with Crippen molar-refractivity contribution in [2.45, 2.75) is 18.8 Å². The van der Waals surface area contributed by atoms with E-state index in [1.54, 1.807) is 6.07 Å². The Kier molecular flexibility index (Phi) is 3.72. The summed E-state index contributed by atoms with van der Waals surface area (Å²) in [5, 5.41) is 2.51. The van der Waals surface area contributed by atoms with Crippen LogP contribution in [-0.4, -0.2) is 19.7 Å². The van der Waals surface area contributed by atoms with E-state index < -0.39 is 0 Å². The average molecular weight is 332 g/mol. The van der Waals surface area contributed by atoms with E-state index >= 15 is 0 Å². The van der Waals surface area contributed by atoms with Gasteiger partial charge in [-0.3, -0.25) is 0 Å². The molecule has 0 saturated carbocycles. The molecule has 0 amide bonds. The van der Waals surface area contributed by atoms with E-state index in [2.05, 4.69) is 49.4 Å². The van der Waals surface area contributed by atoms with Gasteiger partial charge in [0.05, 0.1) is 19.3 Å². The van der Waals surface area contributed by atoms with Crippen molar-refractivity contribution in [1.82, 2.24) is 0 Å². The molecule has 126 valence electrons. The fraction of sp³-hybridized carbons (Fsp3) is 0.227. The number of esters is 1. The predicted octanol–water partition coefficient (Wildman–Crippen LogP) is 4.52. The first-order valence-electron chi connectivity index (χ1n) is 8.42. The van der Waals surface area contributed by atoms with E-state index in [1.807, 2.05) is 12.1 Å². The molecule has 0 saturated heterocycles. The van der Waals surface area contributed by atoms with Crippen LogP contribution >= 0.6 is 0 Å². The highest BCUT2D eigenvalue weighted by atomic mass is 16.5. The van der Waals surface area contributed by atoms with Gasteiger partial charge in [0.1, 0.15) is 5.75 Å². The van der Waals surface area contributed by atoms with E-state index in [0.717, 1.165) is 17.7 Å². The lowest BCUT2D eigenvalue weighted by molar-refractivity contribution is 0.0600. The fourth-order valence-corrected chi connectivity index (χ4v) is 3.65. The fourth-order valence-electron chi connectivity index (χ4n) is 3.65. The maximum Gasteiger partial charge on any atom is 0.337 e. The second-order valence-corrected chi connectivity index (χ2v) is 6.91. The molecule has 0 radical (unpaired) electrons. The van der Waals surface area contributed by atoms with E-state index in [9.17, 15) is 4.79 Å². The predicted molar refractivity (Wildman–Crippen MR) is 98.3 cm³/mol. The summed E-state index contributed by atoms with van der Waals surface area (Å²) in [5.74, 6) is 0.445. The number of carbonyl (C=O) groups is 1. The molecule has 0 aliphatic carbocycles. The summed E-state index contributed by atoms with van der Waals surface area (Å²) in [5.41, 5.74) is 2.85. The summed E-state index contributed by atoms with van der Waals surface area (Å²) in [6.07, 6.45) is 0.891. The molecule has 1 unspecified atom stereocenters. The molecular formula is C22H20O3. The van der Waals surface area contributed by atoms with Crippen LogP contribution in [0, 0.1) is 0 Å². The molecule has 0 spiro atoms. The lowest BCUT2D eigenvalue weighted by Crippen LogP contribution is -2.26. The zero-order chi connectivity index (χ0) is 17.4. The molecule has 1 aliphatic rings. The number of fused-ring (bicyclic) bond motifs is 2. The Labute approximate surface area is 147 Å². The first-order chi connectivity index (χ1) is 12.1. The standard InChI is InChI=1S/C22H20O3/c1-22(13-15-7-8-16-5-3-4-6-17(16)11-15)14-25-20-12-18(21(23)24-2)9-10-19(20)22/h3-12H,13-14H2,1-2H3. The highest BCUT2D eigenvalue weighted by Gasteiger charge is 2.36. The minimum atomic E-state index is -0.338. The number of carbonyl (C=O) groups excluding carboxylic acids is 1. The van der Waals surface area contributed by atoms with Crippen molar-refractivity contribution in [3.05, 3.63) is 77.4 Å². The smallest absolute Gasteiger partial charge is 0.337 e. The van der Waals surface area contributed by atoms with Gasteiger partial charge in [0.25, 0.3) is 0 Å². The summed E-state index contributed by atoms with van der Waals surface area (Å²) >= 11 is 0. The number of methoxy groups -OCH3 is 1. The first-order valence-corrected chi connectivity index (χ1v) is 8.42. The van der Waals surface area contributed by atoms with Crippen LogP contribution in [0.15, 0.2) is 60.7 Å². The lowest BCUT2D eigenvalue weighted by Gasteiger charge is -2.23. The second-order valence-electron chi connectivity index (χ2n) is 6.91. The molecule has 0 bridgehead atoms. The SMILES string of the molecule is COC(=O)c1ccc2c(c1)OCC2(C)Cc1ccc2ccccc2c1. The van der Waals surface area contributed by atoms with Crippen molar-refractivity contribution >= 4 is 16.7 Å². The summed E-state index contributed by atoms with van der Waals surface area (Å²) < 4.78 is 10.7. The van der Waals surface area contributed by atoms with Crippen molar-refractivity contribution < 1.29 is 14.3 Å². The van der Waals surface area contributed by atoms with Gasteiger partial charge in [-0.05, 0) is 34.9 Å². The number of hydrogen-bond acceptors (Lipinski definition) is 3. The molecule has 0 fully saturated rings. The normalized spacial score (nSPS) is 18.6. The van der Waals surface area contributed by atoms with Crippen molar-refractivity contribution in [3.63, 3.8) is 0 Å². The van der Waals surface area contributed by atoms with E-state index in [1.165, 1.54) is 23.4 Å². The highest BCUT2D eigenvalue weighted by molar-refractivity contribution is 5.90. The number of hydrogen-bond donors (Lipinski definition) is 0. The topological polar surface area (TPSA) is 35.5 Å². The molecule has 3 nitrogen and oxygen atoms in total. The van der Waals surface area contributed by atoms with Crippen LogP contribution in [0.1, 0.15) is 28.4 Å². The zero-order valence-electron chi connectivity index (χ0n) is 14.4. The van der Waals surface area contributed by atoms with Crippen molar-refractivity contribution in [2.75, 3.05) is 13.7 Å². The monoisotopic (exact) mass is 332 g/mol. The van der Waals surface area contributed by atoms with E-state index in [-0.39, 0.29) is 11.4 Å². The molecule has 3 aromatic rings. The maximum atomic E-state index is 11.7. The number of rotatable bonds is 3. The summed E-state index contributed by atoms with van der Waals surface area (Å²) in [4.78, 5) is 11.7. The largest absolute Gasteiger partial charge is 0.492 e. The summed E-state index contributed by atoms with van der Waals surface area (Å²) in [6.45, 7) is 2.83. The molecule has 3 heteroatoms. The Morgan fingerprint density at radius 2 is 1.88 bits per heavy atom. The van der Waals surface area contributed by atoms with Crippen LogP contribution < -0.4 is 4.74 Å². The van der Waals surface area contributed by atoms with Crippen LogP contribution in [-0.2, 0) is 16.6 Å². The van der Waals surface area contributed by atoms with Gasteiger partial charge >= 0.3 is 5.97 Å². The molecule has 0 N–H and O–H groups in total. The van der Waals surface area contributed by atoms with Crippen molar-refractivity contribution in [2.24, 2.45) is 0 Å². The first kappa shape index (κ1) is 15.7. The van der Waals surface area contributed by atoms with Gasteiger partial charge in [0.15, 0.2) is 0 Å². The third-order valence-corrected chi connectivity index (χ3v) is 5.01. The minimum absolute atomic E-state index is 0.105. The van der Waals surface area contributed by atoms with Crippen molar-refractivity contribution in [1.29, 1.82) is 0 Å². The minimum Gasteiger partial charge on any atom is -0.492 e. The molecule has 3 aromatic carbocycles. The lowest BCUT2D eigenvalue weighted by atomic mass is 9.78. The molecule has 1 heterocycles. The third-order valence-electron chi connectivity index (χ3n) is 5.01. The van der Waals surface area contributed by atoms with Gasteiger partial charge in [-0.1, -0.05) is 55.5 Å². The zero-order valence-corrected chi connectivity index (χ0v) is 14.4. The molecule has 0 aromatic heterocycles. The summed E-state index contributed by atoms with van der Waals surface area (Å²) in [7, 11) is 1.39. The van der Waals surface area contributed by atoms with E-state index in [4.69, 9.17) is 9.47 Å². The number of ether oxygens (including phenoxy) is 2. The maximum absolute atomic E-state index is 11.7. The molecule has 1 aliphatic heterocycles. The van der Waals surface area contributed by atoms with E-state index in [0.29, 0.717) is 12.2 Å². The Morgan fingerprint density at radius 1 is 1.08 bits per heavy atom. The third kappa shape index (κ3) is 2.76. The molecule has 25 heavy (non-hydrogen) atoms. The Hall–Kier alpha value is -2.81. The Balaban J connectivity index is 1.66. The van der Waals surface area contributed by atoms with Gasteiger partial charge in [-0.15, -0.1) is 0 Å². The summed E-state index contributed by atoms with van der Waals surface area (Å²) in [6, 6.07) is 20.6.